The standard InChI is InChI=1S/C14H18N2O5.C13H18N2O3/c1-16(2)12(17)9-6-8(4-5-11(9)15)7-10(13(18)19)14(20)21-3;1-15(2)13(17)10-8-9(4-6-11(10)14)5-7-12(16)18-3/h4-6,10H,7,15H2,1-3H3,(H,18,19);4,6,8H,5,7,14H2,1-3H3. The van der Waals surface area contributed by atoms with E-state index in [4.69, 9.17) is 16.6 Å². The molecule has 2 aromatic carbocycles. The molecule has 2 amide bonds. The summed E-state index contributed by atoms with van der Waals surface area (Å²) < 4.78 is 9.04. The van der Waals surface area contributed by atoms with Gasteiger partial charge in [-0.05, 0) is 48.2 Å². The van der Waals surface area contributed by atoms with Crippen molar-refractivity contribution in [2.75, 3.05) is 53.9 Å². The first-order valence-electron chi connectivity index (χ1n) is 11.8. The highest BCUT2D eigenvalue weighted by Crippen LogP contribution is 2.19. The van der Waals surface area contributed by atoms with Crippen LogP contribution in [0.2, 0.25) is 0 Å². The Bertz CT molecular complexity index is 1210. The summed E-state index contributed by atoms with van der Waals surface area (Å²) in [5, 5.41) is 9.06. The number of benzene rings is 2. The Morgan fingerprint density at radius 1 is 0.795 bits per heavy atom. The van der Waals surface area contributed by atoms with Crippen LogP contribution in [0, 0.1) is 5.92 Å². The molecule has 1 unspecified atom stereocenters. The second-order valence-corrected chi connectivity index (χ2v) is 8.94. The number of methoxy groups -OCH3 is 2. The monoisotopic (exact) mass is 544 g/mol. The first-order chi connectivity index (χ1) is 18.2. The number of ether oxygens (including phenoxy) is 2. The first kappa shape index (κ1) is 32.4. The molecule has 0 heterocycles. The summed E-state index contributed by atoms with van der Waals surface area (Å²) in [6.45, 7) is 0. The zero-order chi connectivity index (χ0) is 29.9. The lowest BCUT2D eigenvalue weighted by molar-refractivity contribution is -0.156. The lowest BCUT2D eigenvalue weighted by Gasteiger charge is -2.15. The molecule has 39 heavy (non-hydrogen) atoms. The molecule has 12 heteroatoms. The maximum atomic E-state index is 12.0. The fraction of sp³-hybridized carbons (Fsp3) is 0.370. The third kappa shape index (κ3) is 9.65. The van der Waals surface area contributed by atoms with Crippen molar-refractivity contribution in [3.05, 3.63) is 58.7 Å². The minimum absolute atomic E-state index is 0.0734. The van der Waals surface area contributed by atoms with Crippen LogP contribution in [-0.4, -0.2) is 87.0 Å². The highest BCUT2D eigenvalue weighted by molar-refractivity contribution is 6.00. The van der Waals surface area contributed by atoms with Crippen LogP contribution < -0.4 is 11.5 Å². The van der Waals surface area contributed by atoms with Crippen LogP contribution >= 0.6 is 0 Å². The summed E-state index contributed by atoms with van der Waals surface area (Å²) in [5.74, 6) is -4.14. The molecule has 0 radical (unpaired) electrons. The van der Waals surface area contributed by atoms with Gasteiger partial charge in [0.1, 0.15) is 0 Å². The van der Waals surface area contributed by atoms with Gasteiger partial charge in [0.05, 0.1) is 25.3 Å². The predicted molar refractivity (Wildman–Crippen MR) is 145 cm³/mol. The molecule has 0 aliphatic rings. The Morgan fingerprint density at radius 3 is 1.67 bits per heavy atom. The summed E-state index contributed by atoms with van der Waals surface area (Å²) in [4.78, 5) is 60.3. The van der Waals surface area contributed by atoms with Crippen LogP contribution in [0.25, 0.3) is 0 Å². The third-order valence-corrected chi connectivity index (χ3v) is 5.58. The number of carboxylic acid groups (broad SMARTS) is 1. The molecule has 12 nitrogen and oxygen atoms in total. The van der Waals surface area contributed by atoms with E-state index in [9.17, 15) is 24.0 Å². The maximum Gasteiger partial charge on any atom is 0.320 e. The zero-order valence-corrected chi connectivity index (χ0v) is 23.0. The molecule has 0 aromatic heterocycles. The first-order valence-corrected chi connectivity index (χ1v) is 11.8. The number of nitrogen functional groups attached to an aromatic ring is 2. The number of nitrogens with two attached hydrogens (primary N) is 2. The zero-order valence-electron chi connectivity index (χ0n) is 23.0. The van der Waals surface area contributed by atoms with Crippen molar-refractivity contribution in [3.63, 3.8) is 0 Å². The fourth-order valence-electron chi connectivity index (χ4n) is 3.34. The summed E-state index contributed by atoms with van der Waals surface area (Å²) in [5.41, 5.74) is 14.4. The van der Waals surface area contributed by atoms with Crippen LogP contribution in [0.15, 0.2) is 36.4 Å². The van der Waals surface area contributed by atoms with Crippen LogP contribution in [0.3, 0.4) is 0 Å². The molecule has 0 saturated carbocycles. The molecule has 0 spiro atoms. The predicted octanol–water partition coefficient (Wildman–Crippen LogP) is 1.46. The average molecular weight is 545 g/mol. The summed E-state index contributed by atoms with van der Waals surface area (Å²) >= 11 is 0. The third-order valence-electron chi connectivity index (χ3n) is 5.58. The number of carboxylic acids is 1. The van der Waals surface area contributed by atoms with Crippen LogP contribution in [-0.2, 0) is 36.7 Å². The number of hydrogen-bond acceptors (Lipinski definition) is 9. The molecular weight excluding hydrogens is 508 g/mol. The highest BCUT2D eigenvalue weighted by Gasteiger charge is 2.28. The van der Waals surface area contributed by atoms with Gasteiger partial charge >= 0.3 is 17.9 Å². The largest absolute Gasteiger partial charge is 0.481 e. The van der Waals surface area contributed by atoms with Crippen molar-refractivity contribution < 1.29 is 38.6 Å². The molecule has 0 aliphatic heterocycles. The number of nitrogens with zero attached hydrogens (tertiary/aromatic N) is 2. The van der Waals surface area contributed by atoms with Gasteiger partial charge in [-0.15, -0.1) is 0 Å². The molecule has 212 valence electrons. The van der Waals surface area contributed by atoms with Gasteiger partial charge in [-0.2, -0.15) is 0 Å². The Balaban J connectivity index is 0.000000395. The lowest BCUT2D eigenvalue weighted by Crippen LogP contribution is -2.27. The highest BCUT2D eigenvalue weighted by atomic mass is 16.5. The number of aliphatic carboxylic acids is 1. The van der Waals surface area contributed by atoms with Crippen molar-refractivity contribution in [1.82, 2.24) is 9.80 Å². The van der Waals surface area contributed by atoms with Crippen molar-refractivity contribution >= 4 is 41.1 Å². The topological polar surface area (TPSA) is 183 Å². The summed E-state index contributed by atoms with van der Waals surface area (Å²) in [7, 11) is 8.99. The lowest BCUT2D eigenvalue weighted by atomic mass is 9.97. The van der Waals surface area contributed by atoms with E-state index < -0.39 is 17.9 Å². The van der Waals surface area contributed by atoms with Gasteiger partial charge in [0.25, 0.3) is 11.8 Å². The van der Waals surface area contributed by atoms with Gasteiger partial charge in [0.2, 0.25) is 0 Å². The molecule has 2 rings (SSSR count). The summed E-state index contributed by atoms with van der Waals surface area (Å²) in [6, 6.07) is 9.81. The maximum absolute atomic E-state index is 12.0. The second-order valence-electron chi connectivity index (χ2n) is 8.94. The molecule has 5 N–H and O–H groups in total. The summed E-state index contributed by atoms with van der Waals surface area (Å²) in [6.07, 6.45) is 0.743. The van der Waals surface area contributed by atoms with E-state index in [-0.39, 0.29) is 36.2 Å². The number of aryl methyl sites for hydroxylation is 1. The minimum Gasteiger partial charge on any atom is -0.481 e. The SMILES string of the molecule is COC(=O)C(Cc1ccc(N)c(C(=O)N(C)C)c1)C(=O)O.COC(=O)CCc1ccc(N)c(C(=O)N(C)C)c1. The van der Waals surface area contributed by atoms with E-state index in [2.05, 4.69) is 9.47 Å². The normalized spacial score (nSPS) is 10.8. The van der Waals surface area contributed by atoms with E-state index in [1.807, 2.05) is 6.07 Å². The van der Waals surface area contributed by atoms with Gasteiger partial charge in [0, 0.05) is 46.0 Å². The number of rotatable bonds is 9. The number of anilines is 2. The Labute approximate surface area is 227 Å². The van der Waals surface area contributed by atoms with E-state index in [1.165, 1.54) is 29.0 Å². The minimum atomic E-state index is -1.32. The number of carbonyl (C=O) groups excluding carboxylic acids is 4. The number of hydrogen-bond donors (Lipinski definition) is 3. The van der Waals surface area contributed by atoms with Gasteiger partial charge in [-0.1, -0.05) is 12.1 Å². The molecular formula is C27H36N4O8. The Kier molecular flexibility index (Phi) is 12.4. The van der Waals surface area contributed by atoms with Crippen LogP contribution in [0.1, 0.15) is 38.3 Å². The van der Waals surface area contributed by atoms with Gasteiger partial charge in [0.15, 0.2) is 5.92 Å². The van der Waals surface area contributed by atoms with Crippen molar-refractivity contribution in [2.24, 2.45) is 5.92 Å². The average Bonchev–Trinajstić information content (AvgIpc) is 2.90. The van der Waals surface area contributed by atoms with Crippen molar-refractivity contribution in [1.29, 1.82) is 0 Å². The molecule has 1 atom stereocenters. The molecule has 2 aromatic rings. The number of esters is 2. The molecule has 0 bridgehead atoms. The second kappa shape index (κ2) is 15.0. The van der Waals surface area contributed by atoms with E-state index in [1.54, 1.807) is 46.4 Å². The smallest absolute Gasteiger partial charge is 0.320 e. The van der Waals surface area contributed by atoms with Gasteiger partial charge in [-0.3, -0.25) is 24.0 Å². The van der Waals surface area contributed by atoms with Crippen molar-refractivity contribution in [2.45, 2.75) is 19.3 Å². The van der Waals surface area contributed by atoms with E-state index in [0.29, 0.717) is 28.9 Å². The Morgan fingerprint density at radius 2 is 1.26 bits per heavy atom. The van der Waals surface area contributed by atoms with Gasteiger partial charge in [-0.25, -0.2) is 0 Å². The number of amides is 2. The van der Waals surface area contributed by atoms with E-state index >= 15 is 0 Å². The molecule has 0 fully saturated rings. The molecule has 0 saturated heterocycles. The van der Waals surface area contributed by atoms with E-state index in [0.717, 1.165) is 12.7 Å². The van der Waals surface area contributed by atoms with Gasteiger partial charge < -0.3 is 35.8 Å². The fourth-order valence-corrected chi connectivity index (χ4v) is 3.34. The quantitative estimate of drug-likeness (QED) is 0.237. The number of carbonyl (C=O) groups is 5. The molecule has 0 aliphatic carbocycles. The Hall–Kier alpha value is -4.61. The van der Waals surface area contributed by atoms with Crippen LogP contribution in [0.4, 0.5) is 11.4 Å². The van der Waals surface area contributed by atoms with Crippen LogP contribution in [0.5, 0.6) is 0 Å². The van der Waals surface area contributed by atoms with Crippen molar-refractivity contribution in [3.8, 4) is 0 Å².